The minimum atomic E-state index is 0.638. The minimum absolute atomic E-state index is 0.638. The Morgan fingerprint density at radius 3 is 2.85 bits per heavy atom. The third-order valence-electron chi connectivity index (χ3n) is 4.62. The first kappa shape index (κ1) is 13.2. The average Bonchev–Trinajstić information content (AvgIpc) is 3.12. The van der Waals surface area contributed by atoms with Crippen LogP contribution in [0.5, 0.6) is 0 Å². The molecule has 106 valence electrons. The lowest BCUT2D eigenvalue weighted by Gasteiger charge is -2.18. The van der Waals surface area contributed by atoms with Crippen LogP contribution in [-0.4, -0.2) is 29.8 Å². The molecule has 1 saturated heterocycles. The van der Waals surface area contributed by atoms with Crippen LogP contribution in [0.25, 0.3) is 11.1 Å². The van der Waals surface area contributed by atoms with Crippen molar-refractivity contribution in [1.29, 1.82) is 0 Å². The van der Waals surface area contributed by atoms with Crippen LogP contribution in [-0.2, 0) is 0 Å². The van der Waals surface area contributed by atoms with Crippen molar-refractivity contribution < 1.29 is 0 Å². The molecule has 0 amide bonds. The van der Waals surface area contributed by atoms with Gasteiger partial charge < -0.3 is 4.90 Å². The molecule has 2 aliphatic heterocycles. The van der Waals surface area contributed by atoms with E-state index in [1.807, 2.05) is 11.3 Å². The van der Waals surface area contributed by atoms with E-state index in [1.54, 1.807) is 20.9 Å². The molecule has 0 aromatic carbocycles. The summed E-state index contributed by atoms with van der Waals surface area (Å²) >= 11 is 4.08. The number of fused-ring (bicyclic) bond motifs is 2. The van der Waals surface area contributed by atoms with Crippen LogP contribution in [0.3, 0.4) is 0 Å². The highest BCUT2D eigenvalue weighted by molar-refractivity contribution is 8.04. The fourth-order valence-electron chi connectivity index (χ4n) is 3.67. The Morgan fingerprint density at radius 2 is 2.05 bits per heavy atom. The fraction of sp³-hybridized carbons (Fsp3) is 0.529. The summed E-state index contributed by atoms with van der Waals surface area (Å²) < 4.78 is 1.60. The van der Waals surface area contributed by atoms with Crippen molar-refractivity contribution >= 4 is 34.2 Å². The van der Waals surface area contributed by atoms with Gasteiger partial charge in [0.05, 0.1) is 5.25 Å². The molecule has 0 radical (unpaired) electrons. The molecule has 0 bridgehead atoms. The zero-order valence-electron chi connectivity index (χ0n) is 12.2. The van der Waals surface area contributed by atoms with Crippen molar-refractivity contribution in [3.05, 3.63) is 31.7 Å². The Kier molecular flexibility index (Phi) is 3.32. The molecule has 0 saturated carbocycles. The Labute approximate surface area is 129 Å². The van der Waals surface area contributed by atoms with Gasteiger partial charge in [-0.25, -0.2) is 0 Å². The first-order chi connectivity index (χ1) is 9.72. The number of allylic oxidation sites excluding steroid dienone is 2. The van der Waals surface area contributed by atoms with Crippen molar-refractivity contribution in [3.8, 4) is 0 Å². The Hall–Kier alpha value is -0.510. The molecular weight excluding hydrogens is 282 g/mol. The predicted molar refractivity (Wildman–Crippen MR) is 90.5 cm³/mol. The fourth-order valence-corrected chi connectivity index (χ4v) is 6.15. The van der Waals surface area contributed by atoms with E-state index in [9.17, 15) is 0 Å². The van der Waals surface area contributed by atoms with Gasteiger partial charge in [0.15, 0.2) is 0 Å². The van der Waals surface area contributed by atoms with Crippen LogP contribution in [0.2, 0.25) is 0 Å². The van der Waals surface area contributed by atoms with Crippen LogP contribution in [0.4, 0.5) is 0 Å². The molecule has 1 unspecified atom stereocenters. The zero-order chi connectivity index (χ0) is 13.7. The lowest BCUT2D eigenvalue weighted by molar-refractivity contribution is 0.347. The normalized spacial score (nSPS) is 25.3. The van der Waals surface area contributed by atoms with Crippen LogP contribution in [0.15, 0.2) is 17.0 Å². The van der Waals surface area contributed by atoms with Gasteiger partial charge in [-0.15, -0.1) is 23.1 Å². The molecule has 0 N–H and O–H groups in total. The number of likely N-dealkylation sites (tertiary alicyclic amines) is 1. The lowest BCUT2D eigenvalue weighted by Crippen LogP contribution is -2.23. The SMILES string of the molecule is CC1=CC2=c3cc(C)sc3=C(CCN3CCCC3)C2S1. The van der Waals surface area contributed by atoms with Gasteiger partial charge in [-0.1, -0.05) is 0 Å². The molecule has 1 aromatic rings. The van der Waals surface area contributed by atoms with Gasteiger partial charge in [-0.3, -0.25) is 0 Å². The van der Waals surface area contributed by atoms with Gasteiger partial charge in [0.2, 0.25) is 0 Å². The van der Waals surface area contributed by atoms with Crippen molar-refractivity contribution in [3.63, 3.8) is 0 Å². The molecule has 3 aliphatic rings. The molecule has 3 heteroatoms. The first-order valence-electron chi connectivity index (χ1n) is 7.63. The van der Waals surface area contributed by atoms with Crippen molar-refractivity contribution in [2.24, 2.45) is 0 Å². The number of hydrogen-bond donors (Lipinski definition) is 0. The Balaban J connectivity index is 1.68. The number of thiophene rings is 1. The number of rotatable bonds is 3. The highest BCUT2D eigenvalue weighted by Crippen LogP contribution is 2.43. The van der Waals surface area contributed by atoms with Crippen LogP contribution in [0, 0.1) is 6.92 Å². The van der Waals surface area contributed by atoms with Gasteiger partial charge in [-0.2, -0.15) is 0 Å². The largest absolute Gasteiger partial charge is 0.303 e. The maximum absolute atomic E-state index is 2.64. The molecule has 1 aromatic heterocycles. The molecular formula is C17H21NS2. The summed E-state index contributed by atoms with van der Waals surface area (Å²) in [5.41, 5.74) is 3.29. The van der Waals surface area contributed by atoms with Gasteiger partial charge in [-0.05, 0) is 79.6 Å². The second kappa shape index (κ2) is 5.04. The average molecular weight is 303 g/mol. The molecule has 0 spiro atoms. The Bertz CT molecular complexity index is 689. The second-order valence-electron chi connectivity index (χ2n) is 6.13. The third-order valence-corrected chi connectivity index (χ3v) is 7.01. The monoisotopic (exact) mass is 303 g/mol. The summed E-state index contributed by atoms with van der Waals surface area (Å²) in [6, 6.07) is 2.40. The van der Waals surface area contributed by atoms with Gasteiger partial charge in [0.1, 0.15) is 0 Å². The Morgan fingerprint density at radius 1 is 1.25 bits per heavy atom. The lowest BCUT2D eigenvalue weighted by atomic mass is 10.1. The first-order valence-corrected chi connectivity index (χ1v) is 9.33. The highest BCUT2D eigenvalue weighted by atomic mass is 32.2. The molecule has 1 nitrogen and oxygen atoms in total. The van der Waals surface area contributed by atoms with Crippen LogP contribution in [0.1, 0.15) is 31.1 Å². The molecule has 3 heterocycles. The molecule has 1 fully saturated rings. The second-order valence-corrected chi connectivity index (χ2v) is 8.74. The summed E-state index contributed by atoms with van der Waals surface area (Å²) in [4.78, 5) is 5.59. The topological polar surface area (TPSA) is 3.24 Å². The van der Waals surface area contributed by atoms with Gasteiger partial charge >= 0.3 is 0 Å². The summed E-state index contributed by atoms with van der Waals surface area (Å²) in [6.45, 7) is 8.39. The quantitative estimate of drug-likeness (QED) is 0.845. The van der Waals surface area contributed by atoms with E-state index in [2.05, 4.69) is 42.7 Å². The van der Waals surface area contributed by atoms with Crippen molar-refractivity contribution in [1.82, 2.24) is 4.90 Å². The van der Waals surface area contributed by atoms with E-state index < -0.39 is 0 Å². The summed E-state index contributed by atoms with van der Waals surface area (Å²) in [5, 5.41) is 2.18. The standard InChI is InChI=1S/C17H21NS2/c1-11-9-14-15-10-12(2)20-17(15)13(16(14)19-11)5-8-18-6-3-4-7-18/h9-10,16H,3-8H2,1-2H3. The van der Waals surface area contributed by atoms with Crippen LogP contribution >= 0.6 is 23.1 Å². The number of aryl methyl sites for hydroxylation is 1. The van der Waals surface area contributed by atoms with Crippen LogP contribution < -0.4 is 9.75 Å². The number of nitrogens with zero attached hydrogens (tertiary/aromatic N) is 1. The summed E-state index contributed by atoms with van der Waals surface area (Å²) in [5.74, 6) is 0. The van der Waals surface area contributed by atoms with E-state index in [0.29, 0.717) is 5.25 Å². The van der Waals surface area contributed by atoms with Crippen molar-refractivity contribution in [2.75, 3.05) is 19.6 Å². The summed E-state index contributed by atoms with van der Waals surface area (Å²) in [7, 11) is 0. The summed E-state index contributed by atoms with van der Waals surface area (Å²) in [6.07, 6.45) is 6.47. The van der Waals surface area contributed by atoms with Gasteiger partial charge in [0.25, 0.3) is 0 Å². The van der Waals surface area contributed by atoms with E-state index >= 15 is 0 Å². The molecule has 1 aliphatic carbocycles. The molecule has 4 rings (SSSR count). The predicted octanol–water partition coefficient (Wildman–Crippen LogP) is 2.88. The maximum Gasteiger partial charge on any atom is 0.0574 e. The third kappa shape index (κ3) is 2.11. The molecule has 20 heavy (non-hydrogen) atoms. The number of hydrogen-bond acceptors (Lipinski definition) is 3. The van der Waals surface area contributed by atoms with Gasteiger partial charge in [0, 0.05) is 16.0 Å². The highest BCUT2D eigenvalue weighted by Gasteiger charge is 2.31. The minimum Gasteiger partial charge on any atom is -0.303 e. The van der Waals surface area contributed by atoms with E-state index in [1.165, 1.54) is 48.7 Å². The smallest absolute Gasteiger partial charge is 0.0574 e. The van der Waals surface area contributed by atoms with E-state index in [4.69, 9.17) is 0 Å². The molecule has 1 atom stereocenters. The maximum atomic E-state index is 2.64. The van der Waals surface area contributed by atoms with E-state index in [0.717, 1.165) is 0 Å². The zero-order valence-corrected chi connectivity index (χ0v) is 13.9. The number of thioether (sulfide) groups is 1. The van der Waals surface area contributed by atoms with E-state index in [-0.39, 0.29) is 0 Å². The van der Waals surface area contributed by atoms with Crippen molar-refractivity contribution in [2.45, 2.75) is 38.4 Å².